The van der Waals surface area contributed by atoms with Gasteiger partial charge in [-0.2, -0.15) is 0 Å². The van der Waals surface area contributed by atoms with E-state index in [4.69, 9.17) is 9.47 Å². The summed E-state index contributed by atoms with van der Waals surface area (Å²) in [4.78, 5) is 20.4. The average Bonchev–Trinajstić information content (AvgIpc) is 3.10. The number of ether oxygens (including phenoxy) is 2. The van der Waals surface area contributed by atoms with Gasteiger partial charge in [-0.3, -0.25) is 9.78 Å². The Kier molecular flexibility index (Phi) is 6.28. The molecule has 4 N–H and O–H groups in total. The molecule has 31 heavy (non-hydrogen) atoms. The summed E-state index contributed by atoms with van der Waals surface area (Å²) in [6.07, 6.45) is 3.89. The minimum Gasteiger partial charge on any atom is -0.492 e. The van der Waals surface area contributed by atoms with Crippen molar-refractivity contribution < 1.29 is 18.7 Å². The van der Waals surface area contributed by atoms with Crippen LogP contribution in [0, 0.1) is 5.82 Å². The first-order chi connectivity index (χ1) is 15.0. The molecule has 1 amide bonds. The van der Waals surface area contributed by atoms with Crippen LogP contribution >= 0.6 is 22.9 Å². The number of methoxy groups -OCH3 is 1. The van der Waals surface area contributed by atoms with E-state index in [1.165, 1.54) is 13.2 Å². The van der Waals surface area contributed by atoms with Crippen molar-refractivity contribution in [3.63, 3.8) is 0 Å². The molecule has 8 nitrogen and oxygen atoms in total. The molecule has 0 unspecified atom stereocenters. The third-order valence-corrected chi connectivity index (χ3v) is 5.27. The number of anilines is 2. The number of carbonyl (C=O) groups is 1. The van der Waals surface area contributed by atoms with Gasteiger partial charge in [0, 0.05) is 52.8 Å². The van der Waals surface area contributed by atoms with E-state index in [9.17, 15) is 9.18 Å². The van der Waals surface area contributed by atoms with E-state index < -0.39 is 5.82 Å². The number of aromatic nitrogens is 2. The Balaban J connectivity index is 1.89. The van der Waals surface area contributed by atoms with E-state index in [2.05, 4.69) is 24.1 Å². The lowest BCUT2D eigenvalue weighted by Gasteiger charge is -2.21. The Bertz CT molecular complexity index is 1120. The number of hydrogen-bond donors (Lipinski definition) is 4. The van der Waals surface area contributed by atoms with Crippen LogP contribution in [0.5, 0.6) is 11.5 Å². The first-order valence-electron chi connectivity index (χ1n) is 9.59. The molecule has 0 aliphatic carbocycles. The van der Waals surface area contributed by atoms with Crippen molar-refractivity contribution in [1.29, 1.82) is 0 Å². The Labute approximate surface area is 192 Å². The van der Waals surface area contributed by atoms with Crippen LogP contribution in [0.4, 0.5) is 15.8 Å². The van der Waals surface area contributed by atoms with Gasteiger partial charge in [0.1, 0.15) is 12.5 Å². The van der Waals surface area contributed by atoms with Crippen molar-refractivity contribution in [1.82, 2.24) is 18.8 Å². The number of nitrogens with zero attached hydrogens (tertiary/aromatic N) is 1. The summed E-state index contributed by atoms with van der Waals surface area (Å²) in [5, 5.41) is 6.17. The summed E-state index contributed by atoms with van der Waals surface area (Å²) in [7, 11) is 1.40. The number of carbonyl (C=O) groups excluding carboxylic acids is 1. The lowest BCUT2D eigenvalue weighted by Crippen LogP contribution is -2.39. The van der Waals surface area contributed by atoms with Crippen LogP contribution in [-0.2, 0) is 6.42 Å². The van der Waals surface area contributed by atoms with Crippen LogP contribution < -0.4 is 23.6 Å². The number of pyridine rings is 1. The maximum absolute atomic E-state index is 14.3. The van der Waals surface area contributed by atoms with E-state index in [-0.39, 0.29) is 24.4 Å². The fraction of sp³-hybridized carbons (Fsp3) is 0.238. The van der Waals surface area contributed by atoms with Crippen LogP contribution in [-0.4, -0.2) is 35.8 Å². The smallest absolute Gasteiger partial charge is 0.255 e. The second-order valence-corrected chi connectivity index (χ2v) is 7.81. The van der Waals surface area contributed by atoms with Crippen molar-refractivity contribution >= 4 is 40.1 Å². The van der Waals surface area contributed by atoms with E-state index in [0.717, 1.165) is 11.3 Å². The fourth-order valence-electron chi connectivity index (χ4n) is 3.69. The molecule has 0 radical (unpaired) electrons. The number of rotatable bonds is 7. The van der Waals surface area contributed by atoms with E-state index in [1.54, 1.807) is 30.6 Å². The number of aromatic amines is 1. The van der Waals surface area contributed by atoms with Gasteiger partial charge in [-0.1, -0.05) is 6.07 Å². The molecule has 0 saturated heterocycles. The van der Waals surface area contributed by atoms with Crippen molar-refractivity contribution in [2.45, 2.75) is 19.4 Å². The maximum atomic E-state index is 14.3. The Morgan fingerprint density at radius 3 is 2.97 bits per heavy atom. The molecule has 3 heterocycles. The first kappa shape index (κ1) is 21.4. The quantitative estimate of drug-likeness (QED) is 0.207. The van der Waals surface area contributed by atoms with Crippen molar-refractivity contribution in [2.75, 3.05) is 19.2 Å². The second-order valence-electron chi connectivity index (χ2n) is 7.05. The second kappa shape index (κ2) is 9.10. The van der Waals surface area contributed by atoms with E-state index >= 15 is 0 Å². The number of amides is 1. The minimum absolute atomic E-state index is 0.0144. The average molecular weight is 537 g/mol. The maximum Gasteiger partial charge on any atom is 0.255 e. The molecule has 0 fully saturated rings. The fourth-order valence-corrected chi connectivity index (χ4v) is 3.85. The predicted molar refractivity (Wildman–Crippen MR) is 124 cm³/mol. The molecule has 10 heteroatoms. The normalized spacial score (nSPS) is 15.2. The van der Waals surface area contributed by atoms with Crippen molar-refractivity contribution in [2.24, 2.45) is 0 Å². The number of nitrogens with one attached hydrogen (secondary N) is 4. The van der Waals surface area contributed by atoms with Gasteiger partial charge < -0.3 is 25.1 Å². The van der Waals surface area contributed by atoms with Crippen LogP contribution in [0.1, 0.15) is 23.0 Å². The van der Waals surface area contributed by atoms with Crippen LogP contribution in [0.3, 0.4) is 0 Å². The summed E-state index contributed by atoms with van der Waals surface area (Å²) in [5.74, 6) is -0.113. The van der Waals surface area contributed by atoms with Crippen LogP contribution in [0.2, 0.25) is 0 Å². The predicted octanol–water partition coefficient (Wildman–Crippen LogP) is 3.92. The molecule has 4 rings (SSSR count). The Morgan fingerprint density at radius 1 is 1.35 bits per heavy atom. The first-order valence-corrected chi connectivity index (χ1v) is 10.7. The molecule has 0 saturated carbocycles. The van der Waals surface area contributed by atoms with Crippen LogP contribution in [0.25, 0.3) is 11.3 Å². The molecule has 1 atom stereocenters. The Morgan fingerprint density at radius 2 is 2.19 bits per heavy atom. The topological polar surface area (TPSA) is 100 Å². The molecule has 1 aliphatic rings. The number of para-hydroxylation sites is 1. The molecule has 0 bridgehead atoms. The van der Waals surface area contributed by atoms with Gasteiger partial charge >= 0.3 is 0 Å². The SMILES string of the molecule is COc1c(F)cccc1Nc1c(-c2ccncc2OCNI)[nH]c2c1C(=O)N[C@@H](C)C2. The van der Waals surface area contributed by atoms with E-state index in [1.807, 2.05) is 29.8 Å². The summed E-state index contributed by atoms with van der Waals surface area (Å²) in [6, 6.07) is 6.37. The standard InChI is InChI=1S/C21H21FIN5O3/c1-11-8-15-17(21(29)26-11)19(27-14-5-3-4-13(22)20(14)30-2)18(28-15)12-6-7-24-9-16(12)31-10-25-23/h3-7,9,11,25,27-28H,8,10H2,1-2H3,(H,26,29)/t11-/m0/s1. The number of hydrogen-bond acceptors (Lipinski definition) is 6. The number of H-pyrrole nitrogens is 1. The highest BCUT2D eigenvalue weighted by Gasteiger charge is 2.31. The molecule has 162 valence electrons. The highest BCUT2D eigenvalue weighted by Crippen LogP contribution is 2.42. The molecule has 1 aromatic carbocycles. The molecule has 1 aliphatic heterocycles. The summed E-state index contributed by atoms with van der Waals surface area (Å²) in [5.41, 5.74) is 3.55. The van der Waals surface area contributed by atoms with Gasteiger partial charge in [0.2, 0.25) is 0 Å². The van der Waals surface area contributed by atoms with Gasteiger partial charge in [0.25, 0.3) is 5.91 Å². The number of benzene rings is 1. The van der Waals surface area contributed by atoms with E-state index in [0.29, 0.717) is 34.8 Å². The lowest BCUT2D eigenvalue weighted by atomic mass is 10.0. The minimum atomic E-state index is -0.502. The molecular weight excluding hydrogens is 516 g/mol. The van der Waals surface area contributed by atoms with Crippen molar-refractivity contribution in [3.05, 3.63) is 53.7 Å². The van der Waals surface area contributed by atoms with Crippen molar-refractivity contribution in [3.8, 4) is 22.8 Å². The zero-order chi connectivity index (χ0) is 22.0. The third-order valence-electron chi connectivity index (χ3n) is 4.96. The summed E-state index contributed by atoms with van der Waals surface area (Å²) < 4.78 is 28.2. The van der Waals surface area contributed by atoms with Gasteiger partial charge in [0.05, 0.1) is 35.9 Å². The summed E-state index contributed by atoms with van der Waals surface area (Å²) in [6.45, 7) is 2.22. The highest BCUT2D eigenvalue weighted by atomic mass is 127. The van der Waals surface area contributed by atoms with Gasteiger partial charge in [-0.15, -0.1) is 0 Å². The highest BCUT2D eigenvalue weighted by molar-refractivity contribution is 14.1. The number of fused-ring (bicyclic) bond motifs is 1. The largest absolute Gasteiger partial charge is 0.492 e. The monoisotopic (exact) mass is 537 g/mol. The Hall–Kier alpha value is -2.86. The molecular formula is C21H21FIN5O3. The number of halogens is 2. The summed E-state index contributed by atoms with van der Waals surface area (Å²) >= 11 is 1.99. The zero-order valence-corrected chi connectivity index (χ0v) is 19.0. The molecule has 3 aromatic rings. The van der Waals surface area contributed by atoms with Gasteiger partial charge in [-0.25, -0.2) is 7.92 Å². The van der Waals surface area contributed by atoms with Crippen LogP contribution in [0.15, 0.2) is 36.7 Å². The van der Waals surface area contributed by atoms with Gasteiger partial charge in [-0.05, 0) is 25.1 Å². The lowest BCUT2D eigenvalue weighted by molar-refractivity contribution is 0.0930. The molecule has 2 aromatic heterocycles. The van der Waals surface area contributed by atoms with Gasteiger partial charge in [0.15, 0.2) is 11.6 Å². The third kappa shape index (κ3) is 4.17. The zero-order valence-electron chi connectivity index (χ0n) is 16.9. The molecule has 0 spiro atoms.